The van der Waals surface area contributed by atoms with Gasteiger partial charge in [0.25, 0.3) is 5.91 Å². The molecule has 152 valence electrons. The summed E-state index contributed by atoms with van der Waals surface area (Å²) in [5, 5.41) is 2.76. The van der Waals surface area contributed by atoms with Crippen molar-refractivity contribution >= 4 is 23.6 Å². The second-order valence-corrected chi connectivity index (χ2v) is 7.05. The largest absolute Gasteiger partial charge is 0.497 e. The van der Waals surface area contributed by atoms with Gasteiger partial charge in [-0.1, -0.05) is 0 Å². The van der Waals surface area contributed by atoms with Gasteiger partial charge in [-0.05, 0) is 54.8 Å². The molecule has 7 nitrogen and oxygen atoms in total. The molecule has 8 heteroatoms. The van der Waals surface area contributed by atoms with Crippen LogP contribution in [0.2, 0.25) is 0 Å². The number of thioether (sulfide) groups is 1. The Bertz CT molecular complexity index is 734. The van der Waals surface area contributed by atoms with Crippen LogP contribution in [0.1, 0.15) is 17.0 Å². The number of furan rings is 1. The van der Waals surface area contributed by atoms with E-state index < -0.39 is 11.9 Å². The molecule has 1 heterocycles. The van der Waals surface area contributed by atoms with Gasteiger partial charge in [-0.25, -0.2) is 0 Å². The van der Waals surface area contributed by atoms with Gasteiger partial charge in [0, 0.05) is 7.05 Å². The Kier molecular flexibility index (Phi) is 8.74. The SMILES string of the molecule is COc1ccc(OCCN(C)C(=O)C(CCSC)NC(=O)c2ccco2)cc1. The number of methoxy groups -OCH3 is 1. The number of carbonyl (C=O) groups is 2. The predicted molar refractivity (Wildman–Crippen MR) is 109 cm³/mol. The van der Waals surface area contributed by atoms with Crippen LogP contribution in [0.3, 0.4) is 0 Å². The maximum Gasteiger partial charge on any atom is 0.287 e. The van der Waals surface area contributed by atoms with Crippen LogP contribution in [-0.4, -0.2) is 62.1 Å². The number of benzene rings is 1. The molecule has 0 aliphatic heterocycles. The summed E-state index contributed by atoms with van der Waals surface area (Å²) in [7, 11) is 3.30. The van der Waals surface area contributed by atoms with Gasteiger partial charge in [-0.3, -0.25) is 9.59 Å². The molecule has 2 amide bonds. The second kappa shape index (κ2) is 11.3. The standard InChI is InChI=1S/C20H26N2O5S/c1-22(11-13-26-16-8-6-15(25-2)7-9-16)20(24)17(10-14-28-3)21-19(23)18-5-4-12-27-18/h4-9,12,17H,10-11,13-14H2,1-3H3,(H,21,23). The Morgan fingerprint density at radius 3 is 2.54 bits per heavy atom. The molecule has 0 radical (unpaired) electrons. The highest BCUT2D eigenvalue weighted by Crippen LogP contribution is 2.17. The average molecular weight is 407 g/mol. The number of carbonyl (C=O) groups excluding carboxylic acids is 2. The molecule has 0 bridgehead atoms. The number of amides is 2. The van der Waals surface area contributed by atoms with Gasteiger partial charge >= 0.3 is 0 Å². The van der Waals surface area contributed by atoms with Gasteiger partial charge in [0.2, 0.25) is 5.91 Å². The van der Waals surface area contributed by atoms with E-state index in [-0.39, 0.29) is 11.7 Å². The number of hydrogen-bond acceptors (Lipinski definition) is 6. The summed E-state index contributed by atoms with van der Waals surface area (Å²) in [6.07, 6.45) is 3.93. The van der Waals surface area contributed by atoms with Crippen molar-refractivity contribution in [3.8, 4) is 11.5 Å². The summed E-state index contributed by atoms with van der Waals surface area (Å²) in [6, 6.07) is 9.83. The number of rotatable bonds is 11. The highest BCUT2D eigenvalue weighted by atomic mass is 32.2. The zero-order chi connectivity index (χ0) is 20.4. The van der Waals surface area contributed by atoms with Gasteiger partial charge in [0.15, 0.2) is 5.76 Å². The summed E-state index contributed by atoms with van der Waals surface area (Å²) in [6.45, 7) is 0.743. The fraction of sp³-hybridized carbons (Fsp3) is 0.400. The molecule has 0 aliphatic carbocycles. The number of nitrogens with zero attached hydrogens (tertiary/aromatic N) is 1. The van der Waals surface area contributed by atoms with Gasteiger partial charge in [-0.2, -0.15) is 11.8 Å². The van der Waals surface area contributed by atoms with E-state index in [9.17, 15) is 9.59 Å². The van der Waals surface area contributed by atoms with Crippen LogP contribution in [-0.2, 0) is 4.79 Å². The molecule has 1 unspecified atom stereocenters. The summed E-state index contributed by atoms with van der Waals surface area (Å²) in [5.41, 5.74) is 0. The van der Waals surface area contributed by atoms with E-state index in [1.54, 1.807) is 43.0 Å². The minimum atomic E-state index is -0.615. The van der Waals surface area contributed by atoms with Crippen molar-refractivity contribution in [1.82, 2.24) is 10.2 Å². The van der Waals surface area contributed by atoms with E-state index in [1.165, 1.54) is 6.26 Å². The highest BCUT2D eigenvalue weighted by Gasteiger charge is 2.25. The fourth-order valence-electron chi connectivity index (χ4n) is 2.48. The summed E-state index contributed by atoms with van der Waals surface area (Å²) in [5.74, 6) is 1.84. The zero-order valence-electron chi connectivity index (χ0n) is 16.3. The van der Waals surface area contributed by atoms with Crippen molar-refractivity contribution < 1.29 is 23.5 Å². The van der Waals surface area contributed by atoms with Crippen LogP contribution in [0.4, 0.5) is 0 Å². The Hall–Kier alpha value is -2.61. The average Bonchev–Trinajstić information content (AvgIpc) is 3.26. The normalized spacial score (nSPS) is 11.5. The van der Waals surface area contributed by atoms with Crippen LogP contribution in [0.25, 0.3) is 0 Å². The lowest BCUT2D eigenvalue weighted by atomic mass is 10.2. The van der Waals surface area contributed by atoms with Crippen LogP contribution < -0.4 is 14.8 Å². The molecule has 1 N–H and O–H groups in total. The van der Waals surface area contributed by atoms with E-state index in [1.807, 2.05) is 30.5 Å². The lowest BCUT2D eigenvalue weighted by Crippen LogP contribution is -2.48. The van der Waals surface area contributed by atoms with Gasteiger partial charge in [-0.15, -0.1) is 0 Å². The number of nitrogens with one attached hydrogen (secondary N) is 1. The number of ether oxygens (including phenoxy) is 2. The molecule has 1 aromatic heterocycles. The predicted octanol–water partition coefficient (Wildman–Crippen LogP) is 2.68. The summed E-state index contributed by atoms with van der Waals surface area (Å²) >= 11 is 1.62. The highest BCUT2D eigenvalue weighted by molar-refractivity contribution is 7.98. The molecule has 0 spiro atoms. The van der Waals surface area contributed by atoms with Gasteiger partial charge in [0.1, 0.15) is 24.1 Å². The summed E-state index contributed by atoms with van der Waals surface area (Å²) < 4.78 is 15.9. The van der Waals surface area contributed by atoms with Crippen molar-refractivity contribution in [2.24, 2.45) is 0 Å². The molecule has 1 aromatic carbocycles. The minimum Gasteiger partial charge on any atom is -0.497 e. The third kappa shape index (κ3) is 6.53. The molecular weight excluding hydrogens is 380 g/mol. The van der Waals surface area contributed by atoms with E-state index in [2.05, 4.69) is 5.32 Å². The quantitative estimate of drug-likeness (QED) is 0.618. The molecule has 0 saturated carbocycles. The van der Waals surface area contributed by atoms with Crippen LogP contribution >= 0.6 is 11.8 Å². The molecule has 2 rings (SSSR count). The van der Waals surface area contributed by atoms with Gasteiger partial charge < -0.3 is 24.1 Å². The first kappa shape index (κ1) is 21.7. The first-order chi connectivity index (χ1) is 13.5. The van der Waals surface area contributed by atoms with E-state index in [0.29, 0.717) is 25.3 Å². The molecule has 2 aromatic rings. The first-order valence-electron chi connectivity index (χ1n) is 8.90. The van der Waals surface area contributed by atoms with Crippen LogP contribution in [0.5, 0.6) is 11.5 Å². The monoisotopic (exact) mass is 406 g/mol. The topological polar surface area (TPSA) is 81.0 Å². The van der Waals surface area contributed by atoms with E-state index in [0.717, 1.165) is 11.5 Å². The Balaban J connectivity index is 1.87. The van der Waals surface area contributed by atoms with Crippen molar-refractivity contribution in [3.05, 3.63) is 48.4 Å². The van der Waals surface area contributed by atoms with Crippen LogP contribution in [0, 0.1) is 0 Å². The van der Waals surface area contributed by atoms with E-state index >= 15 is 0 Å². The van der Waals surface area contributed by atoms with Gasteiger partial charge in [0.05, 0.1) is 19.9 Å². The molecule has 0 fully saturated rings. The third-order valence-corrected chi connectivity index (χ3v) is 4.73. The van der Waals surface area contributed by atoms with Crippen molar-refractivity contribution in [1.29, 1.82) is 0 Å². The minimum absolute atomic E-state index is 0.160. The molecule has 1 atom stereocenters. The number of hydrogen-bond donors (Lipinski definition) is 1. The maximum absolute atomic E-state index is 12.8. The number of likely N-dealkylation sites (N-methyl/N-ethyl adjacent to an activating group) is 1. The smallest absolute Gasteiger partial charge is 0.287 e. The molecule has 28 heavy (non-hydrogen) atoms. The van der Waals surface area contributed by atoms with Crippen molar-refractivity contribution in [2.75, 3.05) is 39.3 Å². The van der Waals surface area contributed by atoms with Crippen molar-refractivity contribution in [2.45, 2.75) is 12.5 Å². The molecular formula is C20H26N2O5S. The molecule has 0 aliphatic rings. The Morgan fingerprint density at radius 1 is 1.21 bits per heavy atom. The van der Waals surface area contributed by atoms with Crippen LogP contribution in [0.15, 0.2) is 47.1 Å². The van der Waals surface area contributed by atoms with Crippen molar-refractivity contribution in [3.63, 3.8) is 0 Å². The van der Waals surface area contributed by atoms with E-state index in [4.69, 9.17) is 13.9 Å². The first-order valence-corrected chi connectivity index (χ1v) is 10.3. The Morgan fingerprint density at radius 2 is 1.93 bits per heavy atom. The summed E-state index contributed by atoms with van der Waals surface area (Å²) in [4.78, 5) is 26.6. The third-order valence-electron chi connectivity index (χ3n) is 4.09. The maximum atomic E-state index is 12.8. The lowest BCUT2D eigenvalue weighted by molar-refractivity contribution is -0.132. The fourth-order valence-corrected chi connectivity index (χ4v) is 2.95. The second-order valence-electron chi connectivity index (χ2n) is 6.07. The molecule has 0 saturated heterocycles. The lowest BCUT2D eigenvalue weighted by Gasteiger charge is -2.24. The Labute approximate surface area is 169 Å². The zero-order valence-corrected chi connectivity index (χ0v) is 17.2.